The molecule has 16 heavy (non-hydrogen) atoms. The Hall–Kier alpha value is -1.11. The molecule has 90 valence electrons. The Labute approximate surface area is 101 Å². The van der Waals surface area contributed by atoms with Gasteiger partial charge in [0.1, 0.15) is 0 Å². The minimum absolute atomic E-state index is 0.550. The maximum Gasteiger partial charge on any atom is 0.0649 e. The van der Waals surface area contributed by atoms with Crippen LogP contribution in [0.5, 0.6) is 0 Å². The molecule has 2 rings (SSSR count). The van der Waals surface area contributed by atoms with E-state index in [4.69, 9.17) is 0 Å². The molecule has 0 unspecified atom stereocenters. The van der Waals surface area contributed by atoms with Crippen LogP contribution < -0.4 is 0 Å². The van der Waals surface area contributed by atoms with Crippen LogP contribution >= 0.6 is 0 Å². The summed E-state index contributed by atoms with van der Waals surface area (Å²) in [5.74, 6) is 0.550. The van der Waals surface area contributed by atoms with Crippen LogP contribution in [-0.2, 0) is 6.54 Å². The van der Waals surface area contributed by atoms with Crippen LogP contribution in [0.25, 0.3) is 0 Å². The van der Waals surface area contributed by atoms with E-state index < -0.39 is 0 Å². The second-order valence-electron chi connectivity index (χ2n) is 3.51. The van der Waals surface area contributed by atoms with Gasteiger partial charge in [-0.2, -0.15) is 0 Å². The third-order valence-corrected chi connectivity index (χ3v) is 2.26. The fourth-order valence-electron chi connectivity index (χ4n) is 1.66. The first kappa shape index (κ1) is 14.9. The summed E-state index contributed by atoms with van der Waals surface area (Å²) in [6.45, 7) is 13.3. The predicted molar refractivity (Wildman–Crippen MR) is 74.2 cm³/mol. The van der Waals surface area contributed by atoms with Gasteiger partial charge in [-0.3, -0.25) is 4.99 Å². The molecule has 0 bridgehead atoms. The molecule has 1 aliphatic rings. The van der Waals surface area contributed by atoms with E-state index in [1.54, 1.807) is 0 Å². The number of rotatable bonds is 1. The molecule has 0 spiro atoms. The van der Waals surface area contributed by atoms with Gasteiger partial charge in [-0.25, -0.2) is 0 Å². The molecule has 0 radical (unpaired) electrons. The third kappa shape index (κ3) is 3.48. The minimum atomic E-state index is 0.550. The molecule has 0 aromatic heterocycles. The lowest BCUT2D eigenvalue weighted by Gasteiger charge is -2.05. The van der Waals surface area contributed by atoms with Gasteiger partial charge < -0.3 is 0 Å². The zero-order valence-electron chi connectivity index (χ0n) is 11.5. The summed E-state index contributed by atoms with van der Waals surface area (Å²) in [5, 5.41) is 0. The highest BCUT2D eigenvalue weighted by Gasteiger charge is 2.16. The van der Waals surface area contributed by atoms with Crippen molar-refractivity contribution >= 4 is 5.71 Å². The maximum absolute atomic E-state index is 4.52. The number of hydrogen-bond donors (Lipinski definition) is 0. The molecular weight excluding hydrogens is 194 g/mol. The van der Waals surface area contributed by atoms with Crippen molar-refractivity contribution in [1.29, 1.82) is 0 Å². The van der Waals surface area contributed by atoms with Crippen LogP contribution in [0.3, 0.4) is 0 Å². The number of hydrogen-bond acceptors (Lipinski definition) is 1. The summed E-state index contributed by atoms with van der Waals surface area (Å²) in [7, 11) is 0. The smallest absolute Gasteiger partial charge is 0.0649 e. The van der Waals surface area contributed by atoms with E-state index in [1.807, 2.05) is 27.7 Å². The van der Waals surface area contributed by atoms with Crippen molar-refractivity contribution in [2.45, 2.75) is 48.1 Å². The van der Waals surface area contributed by atoms with Crippen molar-refractivity contribution < 1.29 is 0 Å². The highest BCUT2D eigenvalue weighted by atomic mass is 14.8. The topological polar surface area (TPSA) is 12.4 Å². The van der Waals surface area contributed by atoms with Gasteiger partial charge in [-0.15, -0.1) is 0 Å². The van der Waals surface area contributed by atoms with E-state index in [0.717, 1.165) is 6.54 Å². The van der Waals surface area contributed by atoms with Crippen LogP contribution in [0.15, 0.2) is 29.3 Å². The van der Waals surface area contributed by atoms with Gasteiger partial charge in [-0.05, 0) is 11.5 Å². The standard InChI is InChI=1S/C11H13N.2C2H6/c1-8(2)11-10-6-4-3-5-9(10)7-12-11;2*1-2/h3-6,8H,7H2,1-2H3;2*1-2H3. The molecule has 0 N–H and O–H groups in total. The molecule has 0 fully saturated rings. The Morgan fingerprint density at radius 3 is 2.12 bits per heavy atom. The quantitative estimate of drug-likeness (QED) is 0.649. The first-order chi connectivity index (χ1) is 7.79. The molecule has 0 aliphatic carbocycles. The molecular formula is C15H25N. The van der Waals surface area contributed by atoms with Crippen molar-refractivity contribution in [3.8, 4) is 0 Å². The van der Waals surface area contributed by atoms with Crippen LogP contribution in [0, 0.1) is 5.92 Å². The highest BCUT2D eigenvalue weighted by Crippen LogP contribution is 2.21. The zero-order valence-corrected chi connectivity index (χ0v) is 11.5. The lowest BCUT2D eigenvalue weighted by molar-refractivity contribution is 0.882. The summed E-state index contributed by atoms with van der Waals surface area (Å²) in [6.07, 6.45) is 0. The number of benzene rings is 1. The first-order valence-electron chi connectivity index (χ1n) is 6.41. The molecule has 1 nitrogen and oxygen atoms in total. The monoisotopic (exact) mass is 219 g/mol. The molecule has 0 amide bonds. The van der Waals surface area contributed by atoms with Crippen molar-refractivity contribution in [3.05, 3.63) is 35.4 Å². The normalized spacial score (nSPS) is 11.8. The Morgan fingerprint density at radius 2 is 1.56 bits per heavy atom. The van der Waals surface area contributed by atoms with Gasteiger partial charge in [-0.1, -0.05) is 65.8 Å². The van der Waals surface area contributed by atoms with Crippen LogP contribution in [-0.4, -0.2) is 5.71 Å². The third-order valence-electron chi connectivity index (χ3n) is 2.26. The Balaban J connectivity index is 0.000000509. The number of aliphatic imine (C=N–C) groups is 1. The zero-order chi connectivity index (χ0) is 12.6. The summed E-state index contributed by atoms with van der Waals surface area (Å²) in [6, 6.07) is 8.50. The predicted octanol–water partition coefficient (Wildman–Crippen LogP) is 4.70. The van der Waals surface area contributed by atoms with Gasteiger partial charge in [0.2, 0.25) is 0 Å². The minimum Gasteiger partial charge on any atom is -0.284 e. The van der Waals surface area contributed by atoms with Gasteiger partial charge in [0.15, 0.2) is 0 Å². The van der Waals surface area contributed by atoms with Crippen molar-refractivity contribution in [3.63, 3.8) is 0 Å². The van der Waals surface area contributed by atoms with Gasteiger partial charge in [0.25, 0.3) is 0 Å². The molecule has 1 aromatic rings. The maximum atomic E-state index is 4.52. The van der Waals surface area contributed by atoms with Gasteiger partial charge >= 0.3 is 0 Å². The molecule has 1 aliphatic heterocycles. The molecule has 0 saturated heterocycles. The fourth-order valence-corrected chi connectivity index (χ4v) is 1.66. The fraction of sp³-hybridized carbons (Fsp3) is 0.533. The number of fused-ring (bicyclic) bond motifs is 1. The van der Waals surface area contributed by atoms with E-state index in [2.05, 4.69) is 43.1 Å². The Bertz CT molecular complexity index is 324. The first-order valence-corrected chi connectivity index (χ1v) is 6.41. The Morgan fingerprint density at radius 1 is 1.00 bits per heavy atom. The molecule has 0 saturated carbocycles. The summed E-state index contributed by atoms with van der Waals surface area (Å²) in [4.78, 5) is 4.52. The van der Waals surface area contributed by atoms with Crippen LogP contribution in [0.1, 0.15) is 52.7 Å². The summed E-state index contributed by atoms with van der Waals surface area (Å²) in [5.41, 5.74) is 4.00. The van der Waals surface area contributed by atoms with Crippen LogP contribution in [0.2, 0.25) is 0 Å². The largest absolute Gasteiger partial charge is 0.284 e. The van der Waals surface area contributed by atoms with Crippen molar-refractivity contribution in [2.75, 3.05) is 0 Å². The average molecular weight is 219 g/mol. The Kier molecular flexibility index (Phi) is 7.53. The lowest BCUT2D eigenvalue weighted by Crippen LogP contribution is -2.06. The molecule has 1 heteroatoms. The highest BCUT2D eigenvalue weighted by molar-refractivity contribution is 6.04. The van der Waals surface area contributed by atoms with Gasteiger partial charge in [0.05, 0.1) is 6.54 Å². The summed E-state index contributed by atoms with van der Waals surface area (Å²) >= 11 is 0. The van der Waals surface area contributed by atoms with E-state index in [-0.39, 0.29) is 0 Å². The van der Waals surface area contributed by atoms with Crippen LogP contribution in [0.4, 0.5) is 0 Å². The molecule has 1 heterocycles. The second kappa shape index (κ2) is 8.09. The van der Waals surface area contributed by atoms with Crippen molar-refractivity contribution in [1.82, 2.24) is 0 Å². The average Bonchev–Trinajstić information content (AvgIpc) is 2.78. The van der Waals surface area contributed by atoms with Gasteiger partial charge in [0, 0.05) is 11.3 Å². The van der Waals surface area contributed by atoms with E-state index in [0.29, 0.717) is 5.92 Å². The van der Waals surface area contributed by atoms with E-state index in [9.17, 15) is 0 Å². The second-order valence-corrected chi connectivity index (χ2v) is 3.51. The van der Waals surface area contributed by atoms with E-state index in [1.165, 1.54) is 16.8 Å². The SMILES string of the molecule is CC.CC.CC(C)C1=NCc2ccccc21. The van der Waals surface area contributed by atoms with Crippen molar-refractivity contribution in [2.24, 2.45) is 10.9 Å². The lowest BCUT2D eigenvalue weighted by atomic mass is 9.98. The molecule has 0 atom stereocenters. The number of nitrogens with zero attached hydrogens (tertiary/aromatic N) is 1. The summed E-state index contributed by atoms with van der Waals surface area (Å²) < 4.78 is 0. The van der Waals surface area contributed by atoms with E-state index >= 15 is 0 Å². The molecule has 1 aromatic carbocycles.